The van der Waals surface area contributed by atoms with Crippen molar-refractivity contribution >= 4 is 28.9 Å². The molecule has 96 valence electrons. The number of carbonyl (C=O) groups excluding carboxylic acids is 1. The largest absolute Gasteiger partial charge is 0.419 e. The van der Waals surface area contributed by atoms with Crippen LogP contribution in [0.15, 0.2) is 24.3 Å². The van der Waals surface area contributed by atoms with E-state index in [-0.39, 0.29) is 22.1 Å². The third kappa shape index (κ3) is 3.21. The van der Waals surface area contributed by atoms with Crippen LogP contribution in [-0.2, 0) is 4.79 Å². The molecule has 1 aromatic rings. The zero-order valence-electron chi connectivity index (χ0n) is 9.55. The molecule has 1 aromatic carbocycles. The summed E-state index contributed by atoms with van der Waals surface area (Å²) < 4.78 is 4.88. The van der Waals surface area contributed by atoms with Crippen molar-refractivity contribution in [1.29, 1.82) is 0 Å². The number of nitro groups is 1. The summed E-state index contributed by atoms with van der Waals surface area (Å²) in [4.78, 5) is 21.4. The Morgan fingerprint density at radius 2 is 2.28 bits per heavy atom. The predicted octanol–water partition coefficient (Wildman–Crippen LogP) is 2.70. The van der Waals surface area contributed by atoms with Gasteiger partial charge < -0.3 is 10.5 Å². The SMILES string of the molecule is CCC=CC(=O)Oc1c(Cl)ccc([N+](=O)[O-])c1N. The number of allylic oxidation sites excluding steroid dienone is 1. The van der Waals surface area contributed by atoms with Crippen LogP contribution >= 0.6 is 11.6 Å². The molecule has 6 nitrogen and oxygen atoms in total. The van der Waals surface area contributed by atoms with Gasteiger partial charge in [0.05, 0.1) is 9.95 Å². The van der Waals surface area contributed by atoms with Gasteiger partial charge in [-0.25, -0.2) is 4.79 Å². The van der Waals surface area contributed by atoms with E-state index in [4.69, 9.17) is 22.1 Å². The van der Waals surface area contributed by atoms with Gasteiger partial charge in [-0.15, -0.1) is 0 Å². The third-order valence-electron chi connectivity index (χ3n) is 2.01. The standard InChI is InChI=1S/C11H11ClN2O4/c1-2-3-4-9(15)18-11-7(12)5-6-8(10(11)13)14(16)17/h3-6H,2,13H2,1H3. The summed E-state index contributed by atoms with van der Waals surface area (Å²) in [5, 5.41) is 10.7. The van der Waals surface area contributed by atoms with Crippen LogP contribution in [0.1, 0.15) is 13.3 Å². The molecule has 1 rings (SSSR count). The molecule has 0 heterocycles. The second kappa shape index (κ2) is 6.02. The lowest BCUT2D eigenvalue weighted by Gasteiger charge is -2.07. The topological polar surface area (TPSA) is 95.5 Å². The average molecular weight is 271 g/mol. The smallest absolute Gasteiger partial charge is 0.335 e. The van der Waals surface area contributed by atoms with Gasteiger partial charge >= 0.3 is 5.97 Å². The lowest BCUT2D eigenvalue weighted by molar-refractivity contribution is -0.383. The van der Waals surface area contributed by atoms with Crippen LogP contribution in [0.2, 0.25) is 5.02 Å². The lowest BCUT2D eigenvalue weighted by Crippen LogP contribution is -2.07. The Morgan fingerprint density at radius 1 is 1.61 bits per heavy atom. The summed E-state index contributed by atoms with van der Waals surface area (Å²) >= 11 is 5.78. The van der Waals surface area contributed by atoms with Gasteiger partial charge in [0.2, 0.25) is 0 Å². The summed E-state index contributed by atoms with van der Waals surface area (Å²) in [5.74, 6) is -0.887. The fourth-order valence-corrected chi connectivity index (χ4v) is 1.38. The molecule has 0 saturated carbocycles. The third-order valence-corrected chi connectivity index (χ3v) is 2.31. The minimum atomic E-state index is -0.689. The first kappa shape index (κ1) is 14.0. The lowest BCUT2D eigenvalue weighted by atomic mass is 10.2. The number of rotatable bonds is 4. The number of anilines is 1. The minimum Gasteiger partial charge on any atom is -0.419 e. The Morgan fingerprint density at radius 3 is 2.83 bits per heavy atom. The van der Waals surface area contributed by atoms with E-state index >= 15 is 0 Å². The fourth-order valence-electron chi connectivity index (χ4n) is 1.17. The highest BCUT2D eigenvalue weighted by Gasteiger charge is 2.20. The molecule has 18 heavy (non-hydrogen) atoms. The van der Waals surface area contributed by atoms with E-state index in [9.17, 15) is 14.9 Å². The quantitative estimate of drug-likeness (QED) is 0.227. The van der Waals surface area contributed by atoms with Crippen LogP contribution in [0.3, 0.4) is 0 Å². The van der Waals surface area contributed by atoms with Crippen LogP contribution in [0, 0.1) is 10.1 Å². The van der Waals surface area contributed by atoms with Crippen molar-refractivity contribution in [1.82, 2.24) is 0 Å². The summed E-state index contributed by atoms with van der Waals surface area (Å²) in [5.41, 5.74) is 4.90. The van der Waals surface area contributed by atoms with Gasteiger partial charge in [0.25, 0.3) is 5.69 Å². The molecule has 0 aliphatic heterocycles. The van der Waals surface area contributed by atoms with Crippen LogP contribution in [0.5, 0.6) is 5.75 Å². The highest BCUT2D eigenvalue weighted by Crippen LogP contribution is 2.37. The number of hydrogen-bond donors (Lipinski definition) is 1. The molecule has 0 aliphatic carbocycles. The Hall–Kier alpha value is -2.08. The zero-order valence-corrected chi connectivity index (χ0v) is 10.3. The van der Waals surface area contributed by atoms with Gasteiger partial charge in [0.15, 0.2) is 11.4 Å². The first-order valence-electron chi connectivity index (χ1n) is 5.08. The Labute approximate surface area is 108 Å². The van der Waals surface area contributed by atoms with Crippen LogP contribution in [-0.4, -0.2) is 10.9 Å². The summed E-state index contributed by atoms with van der Waals surface area (Å²) in [6.45, 7) is 1.85. The molecular formula is C11H11ClN2O4. The van der Waals surface area contributed by atoms with Crippen molar-refractivity contribution in [3.8, 4) is 5.75 Å². The molecule has 0 radical (unpaired) electrons. The Bertz CT molecular complexity index is 514. The Balaban J connectivity index is 3.08. The van der Waals surface area contributed by atoms with E-state index in [1.54, 1.807) is 6.08 Å². The van der Waals surface area contributed by atoms with E-state index < -0.39 is 10.9 Å². The predicted molar refractivity (Wildman–Crippen MR) is 67.6 cm³/mol. The number of halogens is 1. The Kier molecular flexibility index (Phi) is 4.67. The number of ether oxygens (including phenoxy) is 1. The summed E-state index contributed by atoms with van der Waals surface area (Å²) in [7, 11) is 0. The molecule has 7 heteroatoms. The molecule has 0 atom stereocenters. The highest BCUT2D eigenvalue weighted by atomic mass is 35.5. The number of nitro benzene ring substituents is 1. The molecular weight excluding hydrogens is 260 g/mol. The number of hydrogen-bond acceptors (Lipinski definition) is 5. The van der Waals surface area contributed by atoms with E-state index in [1.807, 2.05) is 6.92 Å². The van der Waals surface area contributed by atoms with Crippen molar-refractivity contribution in [2.24, 2.45) is 0 Å². The number of nitrogens with zero attached hydrogens (tertiary/aromatic N) is 1. The van der Waals surface area contributed by atoms with Crippen molar-refractivity contribution in [2.45, 2.75) is 13.3 Å². The maximum atomic E-state index is 11.4. The van der Waals surface area contributed by atoms with Gasteiger partial charge in [-0.05, 0) is 12.5 Å². The van der Waals surface area contributed by atoms with Crippen molar-refractivity contribution < 1.29 is 14.5 Å². The molecule has 0 unspecified atom stereocenters. The van der Waals surface area contributed by atoms with Crippen LogP contribution in [0.25, 0.3) is 0 Å². The maximum Gasteiger partial charge on any atom is 0.335 e. The highest BCUT2D eigenvalue weighted by molar-refractivity contribution is 6.32. The van der Waals surface area contributed by atoms with Gasteiger partial charge in [0, 0.05) is 12.1 Å². The van der Waals surface area contributed by atoms with Gasteiger partial charge in [-0.3, -0.25) is 10.1 Å². The van der Waals surface area contributed by atoms with Gasteiger partial charge in [-0.1, -0.05) is 24.6 Å². The molecule has 0 saturated heterocycles. The average Bonchev–Trinajstić information content (AvgIpc) is 2.31. The number of nitrogen functional groups attached to an aromatic ring is 1. The number of esters is 1. The molecule has 2 N–H and O–H groups in total. The minimum absolute atomic E-state index is 0.0383. The maximum absolute atomic E-state index is 11.4. The number of benzene rings is 1. The second-order valence-corrected chi connectivity index (χ2v) is 3.71. The number of nitrogens with two attached hydrogens (primary N) is 1. The molecule has 0 aromatic heterocycles. The number of carbonyl (C=O) groups is 1. The van der Waals surface area contributed by atoms with E-state index in [1.165, 1.54) is 12.1 Å². The first-order chi connectivity index (χ1) is 8.47. The first-order valence-corrected chi connectivity index (χ1v) is 5.45. The van der Waals surface area contributed by atoms with Crippen molar-refractivity contribution in [3.05, 3.63) is 39.4 Å². The van der Waals surface area contributed by atoms with Gasteiger partial charge in [-0.2, -0.15) is 0 Å². The summed E-state index contributed by atoms with van der Waals surface area (Å²) in [6.07, 6.45) is 3.45. The molecule has 0 amide bonds. The van der Waals surface area contributed by atoms with Crippen LogP contribution < -0.4 is 10.5 Å². The second-order valence-electron chi connectivity index (χ2n) is 3.30. The van der Waals surface area contributed by atoms with Gasteiger partial charge in [0.1, 0.15) is 0 Å². The van der Waals surface area contributed by atoms with Crippen molar-refractivity contribution in [3.63, 3.8) is 0 Å². The van der Waals surface area contributed by atoms with E-state index in [2.05, 4.69) is 0 Å². The van der Waals surface area contributed by atoms with Crippen LogP contribution in [0.4, 0.5) is 11.4 Å². The molecule has 0 aliphatic rings. The molecule has 0 bridgehead atoms. The summed E-state index contributed by atoms with van der Waals surface area (Å²) in [6, 6.07) is 2.40. The molecule has 0 spiro atoms. The monoisotopic (exact) mass is 270 g/mol. The van der Waals surface area contributed by atoms with Crippen molar-refractivity contribution in [2.75, 3.05) is 5.73 Å². The van der Waals surface area contributed by atoms with E-state index in [0.29, 0.717) is 6.42 Å². The fraction of sp³-hybridized carbons (Fsp3) is 0.182. The van der Waals surface area contributed by atoms with E-state index in [0.717, 1.165) is 6.07 Å². The normalized spacial score (nSPS) is 10.6. The zero-order chi connectivity index (χ0) is 13.7. The molecule has 0 fully saturated rings.